The number of rotatable bonds is 5. The van der Waals surface area contributed by atoms with Gasteiger partial charge in [0.1, 0.15) is 5.69 Å². The molecule has 0 bridgehead atoms. The summed E-state index contributed by atoms with van der Waals surface area (Å²) in [6.07, 6.45) is 1.61. The van der Waals surface area contributed by atoms with Crippen LogP contribution in [0.2, 0.25) is 5.02 Å². The number of carbonyl (C=O) groups is 2. The zero-order valence-electron chi connectivity index (χ0n) is 15.6. The molecule has 6 nitrogen and oxygen atoms in total. The number of likely N-dealkylation sites (N-methyl/N-ethyl adjacent to an activating group) is 1. The van der Waals surface area contributed by atoms with Gasteiger partial charge in [0, 0.05) is 48.5 Å². The number of benzene rings is 1. The van der Waals surface area contributed by atoms with Gasteiger partial charge in [-0.2, -0.15) is 5.10 Å². The summed E-state index contributed by atoms with van der Waals surface area (Å²) in [6, 6.07) is 12.0. The molecule has 0 aliphatic carbocycles. The van der Waals surface area contributed by atoms with Gasteiger partial charge in [0.05, 0.1) is 12.1 Å². The van der Waals surface area contributed by atoms with Crippen LogP contribution in [0.3, 0.4) is 0 Å². The summed E-state index contributed by atoms with van der Waals surface area (Å²) in [5.74, 6) is -0.186. The van der Waals surface area contributed by atoms with E-state index >= 15 is 0 Å². The van der Waals surface area contributed by atoms with Gasteiger partial charge in [-0.15, -0.1) is 0 Å². The minimum absolute atomic E-state index is 0.00482. The lowest BCUT2D eigenvalue weighted by atomic mass is 10.1. The monoisotopic (exact) mass is 396 g/mol. The maximum absolute atomic E-state index is 13.0. The fraction of sp³-hybridized carbons (Fsp3) is 0.286. The van der Waals surface area contributed by atoms with Gasteiger partial charge in [-0.05, 0) is 49.5 Å². The third kappa shape index (κ3) is 3.71. The van der Waals surface area contributed by atoms with E-state index < -0.39 is 0 Å². The predicted octanol–water partition coefficient (Wildman–Crippen LogP) is 2.65. The third-order valence-electron chi connectivity index (χ3n) is 5.14. The van der Waals surface area contributed by atoms with Gasteiger partial charge in [-0.1, -0.05) is 11.6 Å². The highest BCUT2D eigenvalue weighted by molar-refractivity contribution is 6.30. The largest absolute Gasteiger partial charge is 0.304 e. The lowest BCUT2D eigenvalue weighted by molar-refractivity contribution is 0.0878. The fourth-order valence-electron chi connectivity index (χ4n) is 3.47. The predicted molar refractivity (Wildman–Crippen MR) is 108 cm³/mol. The first-order chi connectivity index (χ1) is 13.5. The normalized spacial score (nSPS) is 15.8. The molecular formula is C21H21ClN4O2. The van der Waals surface area contributed by atoms with Gasteiger partial charge < -0.3 is 4.90 Å². The van der Waals surface area contributed by atoms with Crippen LogP contribution in [-0.4, -0.2) is 70.8 Å². The molecule has 1 aliphatic rings. The Bertz CT molecular complexity index is 1020. The average Bonchev–Trinajstić information content (AvgIpc) is 3.10. The van der Waals surface area contributed by atoms with Crippen LogP contribution in [0.25, 0.3) is 5.52 Å². The van der Waals surface area contributed by atoms with Crippen molar-refractivity contribution in [3.05, 3.63) is 70.5 Å². The Labute approximate surface area is 168 Å². The number of ketones is 2. The van der Waals surface area contributed by atoms with Gasteiger partial charge in [0.2, 0.25) is 5.78 Å². The quantitative estimate of drug-likeness (QED) is 0.620. The van der Waals surface area contributed by atoms with E-state index in [1.165, 1.54) is 0 Å². The topological polar surface area (TPSA) is 57.9 Å². The maximum Gasteiger partial charge on any atom is 0.211 e. The number of hydrogen-bond acceptors (Lipinski definition) is 5. The Morgan fingerprint density at radius 3 is 2.50 bits per heavy atom. The number of hydrogen-bond donors (Lipinski definition) is 0. The molecule has 0 amide bonds. The molecular weight excluding hydrogens is 376 g/mol. The SMILES string of the molecule is CN1CCN(CC(=O)c2cc(C(=O)c3ccc(Cl)cc3)n3ncccc23)CC1. The summed E-state index contributed by atoms with van der Waals surface area (Å²) in [4.78, 5) is 30.4. The second-order valence-electron chi connectivity index (χ2n) is 7.10. The van der Waals surface area contributed by atoms with Crippen molar-refractivity contribution in [1.29, 1.82) is 0 Å². The van der Waals surface area contributed by atoms with E-state index in [0.717, 1.165) is 26.2 Å². The Hall–Kier alpha value is -2.54. The first-order valence-corrected chi connectivity index (χ1v) is 9.62. The Morgan fingerprint density at radius 1 is 1.07 bits per heavy atom. The zero-order valence-corrected chi connectivity index (χ0v) is 16.4. The van der Waals surface area contributed by atoms with E-state index in [4.69, 9.17) is 11.6 Å². The van der Waals surface area contributed by atoms with Crippen molar-refractivity contribution in [3.8, 4) is 0 Å². The molecule has 1 fully saturated rings. The summed E-state index contributed by atoms with van der Waals surface area (Å²) in [5.41, 5.74) is 2.07. The van der Waals surface area contributed by atoms with Gasteiger partial charge in [0.15, 0.2) is 5.78 Å². The van der Waals surface area contributed by atoms with Crippen molar-refractivity contribution in [2.24, 2.45) is 0 Å². The summed E-state index contributed by atoms with van der Waals surface area (Å²) in [5, 5.41) is 4.87. The summed E-state index contributed by atoms with van der Waals surface area (Å²) in [7, 11) is 2.08. The standard InChI is InChI=1S/C21H21ClN4O2/c1-24-9-11-25(12-10-24)14-20(27)17-13-19(26-18(17)3-2-8-23-26)21(28)15-4-6-16(22)7-5-15/h2-8,13H,9-12,14H2,1H3. The van der Waals surface area contributed by atoms with Gasteiger partial charge >= 0.3 is 0 Å². The zero-order chi connectivity index (χ0) is 19.7. The van der Waals surface area contributed by atoms with Crippen LogP contribution >= 0.6 is 11.6 Å². The van der Waals surface area contributed by atoms with Crippen LogP contribution in [0.1, 0.15) is 26.4 Å². The number of piperazine rings is 1. The van der Waals surface area contributed by atoms with Crippen molar-refractivity contribution in [2.45, 2.75) is 0 Å². The highest BCUT2D eigenvalue weighted by atomic mass is 35.5. The first kappa shape index (κ1) is 18.8. The molecule has 144 valence electrons. The summed E-state index contributed by atoms with van der Waals surface area (Å²) >= 11 is 5.92. The average molecular weight is 397 g/mol. The van der Waals surface area contributed by atoms with E-state index in [9.17, 15) is 9.59 Å². The number of aromatic nitrogens is 2. The first-order valence-electron chi connectivity index (χ1n) is 9.24. The Kier molecular flexibility index (Phi) is 5.26. The molecule has 3 heterocycles. The number of nitrogens with zero attached hydrogens (tertiary/aromatic N) is 4. The van der Waals surface area contributed by atoms with Crippen molar-refractivity contribution in [3.63, 3.8) is 0 Å². The van der Waals surface area contributed by atoms with Crippen LogP contribution in [0.4, 0.5) is 0 Å². The van der Waals surface area contributed by atoms with Crippen LogP contribution in [0, 0.1) is 0 Å². The van der Waals surface area contributed by atoms with Gasteiger partial charge in [0.25, 0.3) is 0 Å². The molecule has 2 aromatic heterocycles. The molecule has 0 radical (unpaired) electrons. The van der Waals surface area contributed by atoms with Crippen LogP contribution in [0.5, 0.6) is 0 Å². The van der Waals surface area contributed by atoms with E-state index in [-0.39, 0.29) is 11.6 Å². The third-order valence-corrected chi connectivity index (χ3v) is 5.39. The van der Waals surface area contributed by atoms with Gasteiger partial charge in [-0.25, -0.2) is 4.52 Å². The molecule has 0 atom stereocenters. The lowest BCUT2D eigenvalue weighted by Gasteiger charge is -2.31. The maximum atomic E-state index is 13.0. The smallest absolute Gasteiger partial charge is 0.211 e. The highest BCUT2D eigenvalue weighted by Gasteiger charge is 2.23. The second-order valence-corrected chi connectivity index (χ2v) is 7.54. The van der Waals surface area contributed by atoms with Crippen LogP contribution in [-0.2, 0) is 0 Å². The molecule has 7 heteroatoms. The fourth-order valence-corrected chi connectivity index (χ4v) is 3.59. The number of carbonyl (C=O) groups excluding carboxylic acids is 2. The number of halogens is 1. The molecule has 1 saturated heterocycles. The Balaban J connectivity index is 1.65. The summed E-state index contributed by atoms with van der Waals surface area (Å²) in [6.45, 7) is 3.97. The molecule has 0 saturated carbocycles. The second kappa shape index (κ2) is 7.83. The number of fused-ring (bicyclic) bond motifs is 1. The van der Waals surface area contributed by atoms with E-state index in [1.54, 1.807) is 47.1 Å². The van der Waals surface area contributed by atoms with Gasteiger partial charge in [-0.3, -0.25) is 14.5 Å². The van der Waals surface area contributed by atoms with Crippen molar-refractivity contribution < 1.29 is 9.59 Å². The molecule has 28 heavy (non-hydrogen) atoms. The minimum atomic E-state index is -0.191. The van der Waals surface area contributed by atoms with E-state index in [0.29, 0.717) is 33.9 Å². The van der Waals surface area contributed by atoms with Crippen molar-refractivity contribution >= 4 is 28.7 Å². The molecule has 1 aromatic carbocycles. The molecule has 4 rings (SSSR count). The highest BCUT2D eigenvalue weighted by Crippen LogP contribution is 2.21. The lowest BCUT2D eigenvalue weighted by Crippen LogP contribution is -2.46. The molecule has 0 spiro atoms. The molecule has 0 unspecified atom stereocenters. The Morgan fingerprint density at radius 2 is 1.79 bits per heavy atom. The minimum Gasteiger partial charge on any atom is -0.304 e. The van der Waals surface area contributed by atoms with E-state index in [2.05, 4.69) is 21.9 Å². The molecule has 1 aliphatic heterocycles. The molecule has 3 aromatic rings. The van der Waals surface area contributed by atoms with Crippen LogP contribution in [0.15, 0.2) is 48.7 Å². The van der Waals surface area contributed by atoms with Crippen LogP contribution < -0.4 is 0 Å². The number of Topliss-reactive ketones (excluding diaryl/α,β-unsaturated/α-hetero) is 1. The van der Waals surface area contributed by atoms with E-state index in [1.807, 2.05) is 6.07 Å². The van der Waals surface area contributed by atoms with Crippen molar-refractivity contribution in [2.75, 3.05) is 39.8 Å². The molecule has 0 N–H and O–H groups in total. The van der Waals surface area contributed by atoms with Crippen molar-refractivity contribution in [1.82, 2.24) is 19.4 Å². The summed E-state index contributed by atoms with van der Waals surface area (Å²) < 4.78 is 1.55.